The number of anilines is 1. The van der Waals surface area contributed by atoms with E-state index < -0.39 is 0 Å². The molecule has 0 amide bonds. The Balaban J connectivity index is 2.46. The Morgan fingerprint density at radius 1 is 1.10 bits per heavy atom. The Labute approximate surface area is 129 Å². The molecule has 0 radical (unpaired) electrons. The van der Waals surface area contributed by atoms with Crippen LogP contribution in [0.4, 0.5) is 5.69 Å². The van der Waals surface area contributed by atoms with Crippen LogP contribution >= 0.6 is 0 Å². The minimum absolute atomic E-state index is 0.0699. The summed E-state index contributed by atoms with van der Waals surface area (Å²) in [7, 11) is 2.12. The van der Waals surface area contributed by atoms with Crippen molar-refractivity contribution in [1.82, 2.24) is 9.55 Å². The largest absolute Gasteiger partial charge is 0.371 e. The number of aryl methyl sites for hydroxylation is 1. The first kappa shape index (κ1) is 15.9. The summed E-state index contributed by atoms with van der Waals surface area (Å²) in [6, 6.07) is 6.70. The molecule has 0 saturated heterocycles. The van der Waals surface area contributed by atoms with Crippen molar-refractivity contribution in [1.29, 1.82) is 0 Å². The number of rotatable bonds is 5. The van der Waals surface area contributed by atoms with Crippen molar-refractivity contribution in [2.24, 2.45) is 7.05 Å². The van der Waals surface area contributed by atoms with Crippen LogP contribution in [-0.4, -0.2) is 22.6 Å². The van der Waals surface area contributed by atoms with Crippen LogP contribution in [0.25, 0.3) is 11.0 Å². The molecule has 0 aliphatic carbocycles. The second-order valence-electron chi connectivity index (χ2n) is 6.90. The van der Waals surface area contributed by atoms with Crippen LogP contribution in [0.5, 0.6) is 0 Å². The Hall–Kier alpha value is -1.51. The van der Waals surface area contributed by atoms with Crippen LogP contribution < -0.4 is 4.90 Å². The summed E-state index contributed by atoms with van der Waals surface area (Å²) in [6.45, 7) is 13.3. The Kier molecular flexibility index (Phi) is 4.60. The molecule has 0 aliphatic rings. The molecule has 1 aromatic carbocycles. The number of hydrogen-bond donors (Lipinski definition) is 0. The maximum atomic E-state index is 4.88. The summed E-state index contributed by atoms with van der Waals surface area (Å²) in [4.78, 5) is 7.35. The van der Waals surface area contributed by atoms with Gasteiger partial charge >= 0.3 is 0 Å². The molecule has 0 unspecified atom stereocenters. The molecule has 2 aromatic rings. The van der Waals surface area contributed by atoms with Crippen molar-refractivity contribution in [3.8, 4) is 0 Å². The van der Waals surface area contributed by atoms with E-state index in [-0.39, 0.29) is 5.41 Å². The van der Waals surface area contributed by atoms with E-state index in [1.165, 1.54) is 24.0 Å². The first-order valence-corrected chi connectivity index (χ1v) is 8.10. The normalized spacial score (nSPS) is 12.1. The highest BCUT2D eigenvalue weighted by molar-refractivity contribution is 5.80. The average molecular weight is 287 g/mol. The van der Waals surface area contributed by atoms with E-state index >= 15 is 0 Å². The number of hydrogen-bond acceptors (Lipinski definition) is 2. The Bertz CT molecular complexity index is 599. The van der Waals surface area contributed by atoms with E-state index in [1.807, 2.05) is 0 Å². The van der Waals surface area contributed by atoms with Gasteiger partial charge in [0, 0.05) is 31.2 Å². The smallest absolute Gasteiger partial charge is 0.115 e. The van der Waals surface area contributed by atoms with Crippen molar-refractivity contribution in [2.45, 2.75) is 52.9 Å². The Morgan fingerprint density at radius 3 is 2.24 bits per heavy atom. The lowest BCUT2D eigenvalue weighted by atomic mass is 9.96. The van der Waals surface area contributed by atoms with Crippen LogP contribution in [-0.2, 0) is 12.5 Å². The van der Waals surface area contributed by atoms with E-state index in [0.717, 1.165) is 24.4 Å². The van der Waals surface area contributed by atoms with Crippen LogP contribution in [0, 0.1) is 0 Å². The highest BCUT2D eigenvalue weighted by Crippen LogP contribution is 2.28. The Morgan fingerprint density at radius 2 is 1.71 bits per heavy atom. The van der Waals surface area contributed by atoms with Gasteiger partial charge in [-0.15, -0.1) is 0 Å². The van der Waals surface area contributed by atoms with E-state index in [2.05, 4.69) is 69.3 Å². The van der Waals surface area contributed by atoms with Crippen molar-refractivity contribution >= 4 is 16.7 Å². The third kappa shape index (κ3) is 3.22. The predicted octanol–water partition coefficient (Wildman–Crippen LogP) is 4.50. The van der Waals surface area contributed by atoms with Gasteiger partial charge in [-0.1, -0.05) is 34.6 Å². The standard InChI is InChI=1S/C18H29N3/c1-7-11-21(12-8-2)14-9-10-16-15(13-14)19-17(20(16)6)18(3,4)5/h9-10,13H,7-8,11-12H2,1-6H3. The van der Waals surface area contributed by atoms with Gasteiger partial charge in [-0.2, -0.15) is 0 Å². The van der Waals surface area contributed by atoms with Gasteiger partial charge in [0.25, 0.3) is 0 Å². The fourth-order valence-corrected chi connectivity index (χ4v) is 2.97. The van der Waals surface area contributed by atoms with Gasteiger partial charge in [-0.25, -0.2) is 4.98 Å². The zero-order chi connectivity index (χ0) is 15.6. The molecule has 2 rings (SSSR count). The molecule has 116 valence electrons. The lowest BCUT2D eigenvalue weighted by molar-refractivity contribution is 0.526. The van der Waals surface area contributed by atoms with Gasteiger partial charge in [0.1, 0.15) is 5.82 Å². The van der Waals surface area contributed by atoms with Crippen LogP contribution in [0.3, 0.4) is 0 Å². The molecule has 3 heteroatoms. The van der Waals surface area contributed by atoms with E-state index in [4.69, 9.17) is 4.98 Å². The minimum Gasteiger partial charge on any atom is -0.371 e. The van der Waals surface area contributed by atoms with E-state index in [9.17, 15) is 0 Å². The number of aromatic nitrogens is 2. The monoisotopic (exact) mass is 287 g/mol. The summed E-state index contributed by atoms with van der Waals surface area (Å²) >= 11 is 0. The molecule has 0 atom stereocenters. The number of imidazole rings is 1. The van der Waals surface area contributed by atoms with E-state index in [0.29, 0.717) is 0 Å². The second-order valence-corrected chi connectivity index (χ2v) is 6.90. The summed E-state index contributed by atoms with van der Waals surface area (Å²) in [5.74, 6) is 1.15. The third-order valence-electron chi connectivity index (χ3n) is 3.89. The molecule has 0 aliphatic heterocycles. The minimum atomic E-state index is 0.0699. The fraction of sp³-hybridized carbons (Fsp3) is 0.611. The average Bonchev–Trinajstić information content (AvgIpc) is 2.75. The van der Waals surface area contributed by atoms with Crippen LogP contribution in [0.15, 0.2) is 18.2 Å². The first-order chi connectivity index (χ1) is 9.88. The summed E-state index contributed by atoms with van der Waals surface area (Å²) < 4.78 is 2.23. The van der Waals surface area contributed by atoms with Crippen LogP contribution in [0.2, 0.25) is 0 Å². The van der Waals surface area contributed by atoms with Gasteiger partial charge in [-0.3, -0.25) is 0 Å². The molecule has 0 bridgehead atoms. The SMILES string of the molecule is CCCN(CCC)c1ccc2c(c1)nc(C(C)(C)C)n2C. The molecular formula is C18H29N3. The third-order valence-corrected chi connectivity index (χ3v) is 3.89. The van der Waals surface area contributed by atoms with Gasteiger partial charge in [0.15, 0.2) is 0 Å². The van der Waals surface area contributed by atoms with E-state index in [1.54, 1.807) is 0 Å². The molecule has 21 heavy (non-hydrogen) atoms. The zero-order valence-electron chi connectivity index (χ0n) is 14.4. The number of benzene rings is 1. The first-order valence-electron chi connectivity index (χ1n) is 8.10. The molecule has 0 spiro atoms. The van der Waals surface area contributed by atoms with Crippen molar-refractivity contribution in [3.05, 3.63) is 24.0 Å². The van der Waals surface area contributed by atoms with Gasteiger partial charge in [-0.05, 0) is 31.0 Å². The summed E-state index contributed by atoms with van der Waals surface area (Å²) in [6.07, 6.45) is 2.35. The lowest BCUT2D eigenvalue weighted by Gasteiger charge is -2.23. The van der Waals surface area contributed by atoms with Gasteiger partial charge < -0.3 is 9.47 Å². The molecule has 1 heterocycles. The van der Waals surface area contributed by atoms with Gasteiger partial charge in [0.05, 0.1) is 11.0 Å². The summed E-state index contributed by atoms with van der Waals surface area (Å²) in [5.41, 5.74) is 3.69. The maximum absolute atomic E-state index is 4.88. The highest BCUT2D eigenvalue weighted by Gasteiger charge is 2.21. The maximum Gasteiger partial charge on any atom is 0.115 e. The zero-order valence-corrected chi connectivity index (χ0v) is 14.4. The second kappa shape index (κ2) is 6.08. The molecular weight excluding hydrogens is 258 g/mol. The van der Waals surface area contributed by atoms with Crippen molar-refractivity contribution in [2.75, 3.05) is 18.0 Å². The fourth-order valence-electron chi connectivity index (χ4n) is 2.97. The van der Waals surface area contributed by atoms with Gasteiger partial charge in [0.2, 0.25) is 0 Å². The molecule has 3 nitrogen and oxygen atoms in total. The van der Waals surface area contributed by atoms with Crippen LogP contribution in [0.1, 0.15) is 53.3 Å². The molecule has 0 saturated carbocycles. The topological polar surface area (TPSA) is 21.1 Å². The van der Waals surface area contributed by atoms with Crippen molar-refractivity contribution in [3.63, 3.8) is 0 Å². The van der Waals surface area contributed by atoms with Crippen molar-refractivity contribution < 1.29 is 0 Å². The quantitative estimate of drug-likeness (QED) is 0.807. The molecule has 0 fully saturated rings. The highest BCUT2D eigenvalue weighted by atomic mass is 15.1. The number of fused-ring (bicyclic) bond motifs is 1. The summed E-state index contributed by atoms with van der Waals surface area (Å²) in [5, 5.41) is 0. The lowest BCUT2D eigenvalue weighted by Crippen LogP contribution is -2.24. The molecule has 0 N–H and O–H groups in total. The molecule has 1 aromatic heterocycles. The predicted molar refractivity (Wildman–Crippen MR) is 92.2 cm³/mol. The number of nitrogens with zero attached hydrogens (tertiary/aromatic N) is 3.